The molecule has 5 N–H and O–H groups in total. The van der Waals surface area contributed by atoms with Gasteiger partial charge in [-0.2, -0.15) is 0 Å². The minimum atomic E-state index is -1.55. The second-order valence-electron chi connectivity index (χ2n) is 2.68. The maximum absolute atomic E-state index is 10.3. The van der Waals surface area contributed by atoms with Crippen LogP contribution in [-0.2, 0) is 4.79 Å². The summed E-state index contributed by atoms with van der Waals surface area (Å²) in [5.41, 5.74) is 0. The van der Waals surface area contributed by atoms with E-state index in [1.807, 2.05) is 0 Å². The fourth-order valence-electron chi connectivity index (χ4n) is 0.867. The molecule has 0 radical (unpaired) electrons. The normalized spacial score (nSPS) is 20.4. The zero-order valence-electron chi connectivity index (χ0n) is 7.29. The molecule has 1 unspecified atom stereocenters. The molecule has 0 saturated heterocycles. The van der Waals surface area contributed by atoms with Crippen LogP contribution in [-0.4, -0.2) is 64.7 Å². The number of aliphatic hydroxyl groups is 4. The Bertz CT molecular complexity index is 154. The van der Waals surface area contributed by atoms with Crippen molar-refractivity contribution >= 4 is 6.29 Å². The highest BCUT2D eigenvalue weighted by Crippen LogP contribution is 2.03. The summed E-state index contributed by atoms with van der Waals surface area (Å²) in [7, 11) is 1.43. The van der Waals surface area contributed by atoms with Crippen LogP contribution in [0.2, 0.25) is 0 Å². The third-order valence-electron chi connectivity index (χ3n) is 1.78. The Morgan fingerprint density at radius 3 is 2.15 bits per heavy atom. The summed E-state index contributed by atoms with van der Waals surface area (Å²) < 4.78 is 0. The van der Waals surface area contributed by atoms with Crippen molar-refractivity contribution < 1.29 is 25.2 Å². The van der Waals surface area contributed by atoms with Gasteiger partial charge in [-0.1, -0.05) is 0 Å². The highest BCUT2D eigenvalue weighted by molar-refractivity contribution is 5.58. The molecule has 13 heavy (non-hydrogen) atoms. The van der Waals surface area contributed by atoms with Gasteiger partial charge in [-0.05, 0) is 7.05 Å². The van der Waals surface area contributed by atoms with Crippen LogP contribution in [0, 0.1) is 0 Å². The van der Waals surface area contributed by atoms with Crippen LogP contribution < -0.4 is 5.32 Å². The third-order valence-corrected chi connectivity index (χ3v) is 1.78. The van der Waals surface area contributed by atoms with E-state index in [0.717, 1.165) is 0 Å². The highest BCUT2D eigenvalue weighted by atomic mass is 16.4. The van der Waals surface area contributed by atoms with E-state index >= 15 is 0 Å². The Kier molecular flexibility index (Phi) is 5.76. The minimum absolute atomic E-state index is 0.415. The van der Waals surface area contributed by atoms with Gasteiger partial charge in [-0.25, -0.2) is 0 Å². The summed E-state index contributed by atoms with van der Waals surface area (Å²) >= 11 is 0. The molecule has 0 heterocycles. The molecule has 0 aromatic rings. The molecule has 6 heteroatoms. The van der Waals surface area contributed by atoms with Gasteiger partial charge >= 0.3 is 0 Å². The van der Waals surface area contributed by atoms with Crippen LogP contribution in [0.25, 0.3) is 0 Å². The molecular formula is C7H15NO5. The molecule has 0 spiro atoms. The largest absolute Gasteiger partial charge is 0.394 e. The van der Waals surface area contributed by atoms with Crippen LogP contribution in [0.4, 0.5) is 0 Å². The molecule has 4 atom stereocenters. The lowest BCUT2D eigenvalue weighted by atomic mass is 10.0. The standard InChI is InChI=1S/C7H15NO5/c1-8-4(2-9)6(12)7(13)5(11)3-10/h2,4-8,10-13H,3H2,1H3/t4-,5?,6+,7+/m0/s1. The lowest BCUT2D eigenvalue weighted by Gasteiger charge is -2.25. The average molecular weight is 193 g/mol. The van der Waals surface area contributed by atoms with Gasteiger partial charge in [-0.3, -0.25) is 0 Å². The van der Waals surface area contributed by atoms with Crippen molar-refractivity contribution in [1.29, 1.82) is 0 Å². The molecule has 0 fully saturated rings. The van der Waals surface area contributed by atoms with Crippen molar-refractivity contribution in [3.05, 3.63) is 0 Å². The monoisotopic (exact) mass is 193 g/mol. The fourth-order valence-corrected chi connectivity index (χ4v) is 0.867. The smallest absolute Gasteiger partial charge is 0.139 e. The number of carbonyl (C=O) groups is 1. The van der Waals surface area contributed by atoms with Crippen LogP contribution >= 0.6 is 0 Å². The number of likely N-dealkylation sites (N-methyl/N-ethyl adjacent to an activating group) is 1. The Hall–Kier alpha value is -0.530. The van der Waals surface area contributed by atoms with Gasteiger partial charge in [0.2, 0.25) is 0 Å². The lowest BCUT2D eigenvalue weighted by Crippen LogP contribution is -2.51. The van der Waals surface area contributed by atoms with Gasteiger partial charge < -0.3 is 30.5 Å². The first-order valence-electron chi connectivity index (χ1n) is 3.86. The number of aldehydes is 1. The first kappa shape index (κ1) is 12.5. The molecule has 0 aliphatic heterocycles. The van der Waals surface area contributed by atoms with E-state index in [1.165, 1.54) is 7.05 Å². The third kappa shape index (κ3) is 3.37. The highest BCUT2D eigenvalue weighted by Gasteiger charge is 2.29. The van der Waals surface area contributed by atoms with Crippen LogP contribution in [0.3, 0.4) is 0 Å². The molecule has 6 nitrogen and oxygen atoms in total. The van der Waals surface area contributed by atoms with Crippen molar-refractivity contribution in [3.8, 4) is 0 Å². The summed E-state index contributed by atoms with van der Waals surface area (Å²) in [4.78, 5) is 10.3. The van der Waals surface area contributed by atoms with Crippen LogP contribution in [0.15, 0.2) is 0 Å². The molecule has 0 aliphatic carbocycles. The van der Waals surface area contributed by atoms with Crippen molar-refractivity contribution in [2.24, 2.45) is 0 Å². The first-order valence-corrected chi connectivity index (χ1v) is 3.86. The van der Waals surface area contributed by atoms with Crippen molar-refractivity contribution in [2.75, 3.05) is 13.7 Å². The molecule has 0 aromatic heterocycles. The van der Waals surface area contributed by atoms with E-state index in [0.29, 0.717) is 6.29 Å². The van der Waals surface area contributed by atoms with Gasteiger partial charge in [0.05, 0.1) is 12.6 Å². The second kappa shape index (κ2) is 6.01. The molecule has 0 rings (SSSR count). The molecule has 0 saturated carbocycles. The Labute approximate surface area is 75.8 Å². The number of hydrogen-bond donors (Lipinski definition) is 5. The second-order valence-corrected chi connectivity index (χ2v) is 2.68. The average Bonchev–Trinajstić information content (AvgIpc) is 2.17. The number of hydrogen-bond acceptors (Lipinski definition) is 6. The quantitative estimate of drug-likeness (QED) is 0.285. The Morgan fingerprint density at radius 1 is 1.31 bits per heavy atom. The first-order chi connectivity index (χ1) is 6.08. The molecule has 78 valence electrons. The summed E-state index contributed by atoms with van der Waals surface area (Å²) in [5, 5.41) is 38.2. The van der Waals surface area contributed by atoms with Gasteiger partial charge in [-0.15, -0.1) is 0 Å². The molecule has 0 bridgehead atoms. The van der Waals surface area contributed by atoms with Gasteiger partial charge in [0.15, 0.2) is 0 Å². The molecule has 0 aromatic carbocycles. The van der Waals surface area contributed by atoms with E-state index in [-0.39, 0.29) is 0 Å². The zero-order chi connectivity index (χ0) is 10.4. The van der Waals surface area contributed by atoms with E-state index in [9.17, 15) is 9.90 Å². The number of aliphatic hydroxyl groups excluding tert-OH is 4. The van der Waals surface area contributed by atoms with Crippen molar-refractivity contribution in [2.45, 2.75) is 24.4 Å². The summed E-state index contributed by atoms with van der Waals surface area (Å²) in [6.45, 7) is -0.673. The van der Waals surface area contributed by atoms with Crippen molar-refractivity contribution in [3.63, 3.8) is 0 Å². The lowest BCUT2D eigenvalue weighted by molar-refractivity contribution is -0.119. The SMILES string of the molecule is CN[C@@H](C=O)[C@@H](O)[C@H](O)C(O)CO. The van der Waals surface area contributed by atoms with Gasteiger partial charge in [0.25, 0.3) is 0 Å². The molecule has 0 aliphatic rings. The maximum Gasteiger partial charge on any atom is 0.139 e. The minimum Gasteiger partial charge on any atom is -0.394 e. The molecule has 0 amide bonds. The molecular weight excluding hydrogens is 178 g/mol. The van der Waals surface area contributed by atoms with Crippen molar-refractivity contribution in [1.82, 2.24) is 5.32 Å². The number of nitrogens with one attached hydrogen (secondary N) is 1. The zero-order valence-corrected chi connectivity index (χ0v) is 7.29. The topological polar surface area (TPSA) is 110 Å². The van der Waals surface area contributed by atoms with E-state index in [1.54, 1.807) is 0 Å². The van der Waals surface area contributed by atoms with E-state index in [4.69, 9.17) is 15.3 Å². The van der Waals surface area contributed by atoms with E-state index in [2.05, 4.69) is 5.32 Å². The number of carbonyl (C=O) groups excluding carboxylic acids is 1. The predicted octanol–water partition coefficient (Wildman–Crippen LogP) is -3.15. The summed E-state index contributed by atoms with van der Waals surface area (Å²) in [6, 6.07) is -0.962. The predicted molar refractivity (Wildman–Crippen MR) is 44.0 cm³/mol. The van der Waals surface area contributed by atoms with Crippen LogP contribution in [0.5, 0.6) is 0 Å². The van der Waals surface area contributed by atoms with Crippen LogP contribution in [0.1, 0.15) is 0 Å². The Balaban J connectivity index is 4.21. The summed E-state index contributed by atoms with van der Waals surface area (Å²) in [5.74, 6) is 0. The van der Waals surface area contributed by atoms with E-state index < -0.39 is 31.0 Å². The Morgan fingerprint density at radius 2 is 1.85 bits per heavy atom. The number of rotatable bonds is 6. The fraction of sp³-hybridized carbons (Fsp3) is 0.857. The van der Waals surface area contributed by atoms with Gasteiger partial charge in [0, 0.05) is 0 Å². The van der Waals surface area contributed by atoms with Gasteiger partial charge in [0.1, 0.15) is 24.6 Å². The maximum atomic E-state index is 10.3. The summed E-state index contributed by atoms with van der Waals surface area (Å²) in [6.07, 6.45) is -4.03.